The first-order chi connectivity index (χ1) is 32.7. The van der Waals surface area contributed by atoms with Crippen molar-refractivity contribution in [1.29, 1.82) is 0 Å². The van der Waals surface area contributed by atoms with Gasteiger partial charge >= 0.3 is 0 Å². The molecule has 0 unspecified atom stereocenters. The molecule has 4 heteroatoms. The molecule has 0 saturated carbocycles. The Bertz CT molecular complexity index is 3380. The van der Waals surface area contributed by atoms with Gasteiger partial charge in [0.15, 0.2) is 0 Å². The molecule has 0 bridgehead atoms. The second kappa shape index (κ2) is 17.4. The van der Waals surface area contributed by atoms with Gasteiger partial charge in [-0.3, -0.25) is 0 Å². The summed E-state index contributed by atoms with van der Waals surface area (Å²) in [6.45, 7) is 2.10. The normalized spacial score (nSPS) is 15.7. The third-order valence-electron chi connectivity index (χ3n) is 10.4. The minimum Gasteiger partial charge on any atom is -0.501 e. The third-order valence-corrected chi connectivity index (χ3v) is 10.4. The van der Waals surface area contributed by atoms with E-state index in [1.807, 2.05) is 52.8 Å². The Kier molecular flexibility index (Phi) is 8.55. The fourth-order valence-electron chi connectivity index (χ4n) is 7.55. The Morgan fingerprint density at radius 1 is 0.712 bits per heavy atom. The van der Waals surface area contributed by atoms with Gasteiger partial charge in [-0.1, -0.05) is 125 Å². The molecule has 0 fully saturated rings. The smallest absolute Gasteiger partial charge is 0.121 e. The predicted molar refractivity (Wildman–Crippen MR) is 245 cm³/mol. The van der Waals surface area contributed by atoms with E-state index in [1.165, 1.54) is 18.5 Å². The molecule has 3 nitrogen and oxygen atoms in total. The van der Waals surface area contributed by atoms with Crippen molar-refractivity contribution in [2.24, 2.45) is 5.41 Å². The molecule has 1 radical (unpaired) electrons. The summed E-state index contributed by atoms with van der Waals surface area (Å²) in [7, 11) is 0. The Balaban J connectivity index is 0.000000261. The second-order valence-corrected chi connectivity index (χ2v) is 15.5. The minimum atomic E-state index is -2.56. The molecule has 0 aliphatic carbocycles. The number of aromatic nitrogens is 2. The van der Waals surface area contributed by atoms with Crippen molar-refractivity contribution in [1.82, 2.24) is 9.97 Å². The van der Waals surface area contributed by atoms with E-state index in [0.717, 1.165) is 32.3 Å². The first kappa shape index (κ1) is 28.9. The van der Waals surface area contributed by atoms with Gasteiger partial charge in [-0.25, -0.2) is 0 Å². The molecule has 0 aliphatic rings. The van der Waals surface area contributed by atoms with Crippen LogP contribution in [0.2, 0.25) is 0 Å². The van der Waals surface area contributed by atoms with E-state index in [-0.39, 0.29) is 47.9 Å². The number of furan rings is 1. The van der Waals surface area contributed by atoms with Crippen molar-refractivity contribution in [2.75, 3.05) is 0 Å². The Hall–Kier alpha value is -5.41. The summed E-state index contributed by atoms with van der Waals surface area (Å²) in [4.78, 5) is 8.88. The van der Waals surface area contributed by atoms with Crippen LogP contribution >= 0.6 is 0 Å². The van der Waals surface area contributed by atoms with Crippen molar-refractivity contribution in [3.63, 3.8) is 0 Å². The van der Waals surface area contributed by atoms with Crippen LogP contribution in [0, 0.1) is 38.1 Å². The Labute approximate surface area is 380 Å². The maximum absolute atomic E-state index is 8.93. The van der Waals surface area contributed by atoms with Gasteiger partial charge in [0.05, 0.1) is 5.58 Å². The van der Waals surface area contributed by atoms with Gasteiger partial charge in [0.2, 0.25) is 0 Å². The molecule has 0 N–H and O–H groups in total. The van der Waals surface area contributed by atoms with Crippen LogP contribution in [-0.4, -0.2) is 9.97 Å². The summed E-state index contributed by atoms with van der Waals surface area (Å²) in [6, 6.07) is 41.2. The maximum atomic E-state index is 8.93. The molecule has 299 valence electrons. The average molecular weight is 961 g/mol. The van der Waals surface area contributed by atoms with Crippen LogP contribution in [0.25, 0.3) is 77.1 Å². The van der Waals surface area contributed by atoms with E-state index in [4.69, 9.17) is 20.9 Å². The van der Waals surface area contributed by atoms with E-state index in [9.17, 15) is 0 Å². The molecular formula is C55H52IrN2O-2. The number of hydrogen-bond acceptors (Lipinski definition) is 3. The summed E-state index contributed by atoms with van der Waals surface area (Å²) in [5.41, 5.74) is 4.79. The van der Waals surface area contributed by atoms with Gasteiger partial charge in [0, 0.05) is 54.3 Å². The minimum absolute atomic E-state index is 0. The molecule has 3 aromatic heterocycles. The maximum Gasteiger partial charge on any atom is 0.121 e. The van der Waals surface area contributed by atoms with Gasteiger partial charge in [-0.15, -0.1) is 53.6 Å². The van der Waals surface area contributed by atoms with E-state index in [2.05, 4.69) is 58.5 Å². The fourth-order valence-corrected chi connectivity index (χ4v) is 7.55. The summed E-state index contributed by atoms with van der Waals surface area (Å²) in [5, 5.41) is 6.22. The van der Waals surface area contributed by atoms with Crippen LogP contribution in [-0.2, 0) is 26.5 Å². The summed E-state index contributed by atoms with van der Waals surface area (Å²) < 4.78 is 104. The standard InChI is InChI=1S/C38H32NO.C17H20N.Ir/c1-5-25(6-2)27-16-17-29(23(3)18-27)33-20-36(39-22-24(33)4)32-13-9-12-31-35-19-28-15-14-26-10-7-8-11-30(26)34(28)21-37(35)40-38(31)32;1-13-5-8-15(9-6-13)16-10-7-14(12-18-16)11-17(2,3)4;/h7-12,14-22,25H,5-6H2,1-4H3;5-8,10,12H,11H2,1-4H3;/q2*-1;/i3D3,4D3,25D;1D3,11D2;. The van der Waals surface area contributed by atoms with E-state index in [1.54, 1.807) is 54.6 Å². The fraction of sp³-hybridized carbons (Fsp3) is 0.236. The molecule has 3 heterocycles. The van der Waals surface area contributed by atoms with Crippen molar-refractivity contribution >= 4 is 43.5 Å². The first-order valence-electron chi connectivity index (χ1n) is 25.6. The van der Waals surface area contributed by atoms with E-state index < -0.39 is 38.2 Å². The molecule has 9 rings (SSSR count). The number of hydrogen-bond donors (Lipinski definition) is 0. The predicted octanol–water partition coefficient (Wildman–Crippen LogP) is 15.4. The van der Waals surface area contributed by atoms with Crippen LogP contribution in [0.5, 0.6) is 0 Å². The van der Waals surface area contributed by atoms with Crippen molar-refractivity contribution < 1.29 is 41.0 Å². The van der Waals surface area contributed by atoms with Gasteiger partial charge in [-0.05, 0) is 123 Å². The number of nitrogens with zero attached hydrogens (tertiary/aromatic N) is 2. The first-order valence-corrected chi connectivity index (χ1v) is 19.6. The second-order valence-electron chi connectivity index (χ2n) is 15.5. The number of benzene rings is 6. The van der Waals surface area contributed by atoms with Crippen LogP contribution in [0.15, 0.2) is 132 Å². The number of aryl methyl sites for hydroxylation is 3. The van der Waals surface area contributed by atoms with Crippen molar-refractivity contribution in [3.8, 4) is 33.6 Å². The summed E-state index contributed by atoms with van der Waals surface area (Å²) >= 11 is 0. The number of pyridine rings is 2. The van der Waals surface area contributed by atoms with Crippen LogP contribution in [0.4, 0.5) is 0 Å². The number of rotatable bonds is 7. The largest absolute Gasteiger partial charge is 0.501 e. The zero-order valence-corrected chi connectivity index (χ0v) is 36.1. The quantitative estimate of drug-likeness (QED) is 0.118. The van der Waals surface area contributed by atoms with Crippen molar-refractivity contribution in [3.05, 3.63) is 168 Å². The van der Waals surface area contributed by atoms with Crippen LogP contribution in [0.1, 0.15) is 97.6 Å². The van der Waals surface area contributed by atoms with E-state index >= 15 is 0 Å². The zero-order valence-electron chi connectivity index (χ0n) is 45.7. The Morgan fingerprint density at radius 2 is 1.53 bits per heavy atom. The third kappa shape index (κ3) is 8.81. The molecular weight excluding hydrogens is 897 g/mol. The molecule has 0 atom stereocenters. The monoisotopic (exact) mass is 961 g/mol. The van der Waals surface area contributed by atoms with Gasteiger partial charge in [0.1, 0.15) is 5.58 Å². The molecule has 0 aliphatic heterocycles. The van der Waals surface area contributed by atoms with E-state index in [0.29, 0.717) is 57.6 Å². The topological polar surface area (TPSA) is 38.9 Å². The summed E-state index contributed by atoms with van der Waals surface area (Å²) in [6.07, 6.45) is 2.36. The Morgan fingerprint density at radius 3 is 2.25 bits per heavy atom. The molecule has 0 saturated heterocycles. The molecule has 59 heavy (non-hydrogen) atoms. The van der Waals surface area contributed by atoms with Crippen LogP contribution in [0.3, 0.4) is 0 Å². The van der Waals surface area contributed by atoms with Gasteiger partial charge in [-0.2, -0.15) is 0 Å². The van der Waals surface area contributed by atoms with Crippen LogP contribution < -0.4 is 0 Å². The number of fused-ring (bicyclic) bond motifs is 6. The van der Waals surface area contributed by atoms with Gasteiger partial charge < -0.3 is 14.4 Å². The summed E-state index contributed by atoms with van der Waals surface area (Å²) in [5.74, 6) is -0.961. The molecule has 6 aromatic carbocycles. The zero-order chi connectivity index (χ0) is 50.8. The average Bonchev–Trinajstić information content (AvgIpc) is 3.69. The molecule has 0 spiro atoms. The molecule has 0 amide bonds. The SMILES string of the molecule is [2H]C([2H])([2H])c1c[c-]c(-c2ccc(C([2H])([2H])C(C)(C)C)cn2)cc1.[2H]C([2H])([2H])c1cnc(-c2[c-]ccc3c2oc2cc4c(ccc5ccccc54)cc23)cc1-c1ccc(C([2H])(CC)CC)cc1C([2H])([2H])[2H].[Ir]. The molecule has 9 aromatic rings. The van der Waals surface area contributed by atoms with Gasteiger partial charge in [0.25, 0.3) is 0 Å². The van der Waals surface area contributed by atoms with Crippen molar-refractivity contribution in [2.45, 2.75) is 80.3 Å².